The van der Waals surface area contributed by atoms with Gasteiger partial charge in [-0.3, -0.25) is 14.7 Å². The van der Waals surface area contributed by atoms with Crippen molar-refractivity contribution in [3.8, 4) is 0 Å². The van der Waals surface area contributed by atoms with E-state index in [1.165, 1.54) is 0 Å². The smallest absolute Gasteiger partial charge is 0.227 e. The molecule has 0 saturated carbocycles. The van der Waals surface area contributed by atoms with Crippen LogP contribution in [0.25, 0.3) is 0 Å². The molecule has 24 heavy (non-hydrogen) atoms. The second-order valence-corrected chi connectivity index (χ2v) is 7.71. The highest BCUT2D eigenvalue weighted by molar-refractivity contribution is 5.83. The van der Waals surface area contributed by atoms with E-state index in [1.807, 2.05) is 20.8 Å². The number of amides is 1. The van der Waals surface area contributed by atoms with Gasteiger partial charge >= 0.3 is 0 Å². The number of hydrogen-bond acceptors (Lipinski definition) is 3. The third-order valence-electron chi connectivity index (χ3n) is 4.62. The topological polar surface area (TPSA) is 68.8 Å². The van der Waals surface area contributed by atoms with Crippen LogP contribution in [0.4, 0.5) is 0 Å². The molecule has 1 fully saturated rings. The SMILES string of the molecule is CCNC(=O)C(C)(C)CN=C(NCC)NC1CN(C(C)C)CC1C. The number of aliphatic imine (C=N–C) groups is 1. The molecule has 2 atom stereocenters. The van der Waals surface area contributed by atoms with Gasteiger partial charge in [0, 0.05) is 38.3 Å². The Balaban J connectivity index is 2.71. The molecule has 1 saturated heterocycles. The molecule has 2 unspecified atom stereocenters. The Morgan fingerprint density at radius 3 is 2.33 bits per heavy atom. The van der Waals surface area contributed by atoms with Crippen molar-refractivity contribution in [1.29, 1.82) is 0 Å². The first-order valence-electron chi connectivity index (χ1n) is 9.28. The minimum Gasteiger partial charge on any atom is -0.357 e. The van der Waals surface area contributed by atoms with Crippen LogP contribution in [-0.4, -0.2) is 61.6 Å². The second kappa shape index (κ2) is 9.25. The highest BCUT2D eigenvalue weighted by atomic mass is 16.2. The molecule has 1 heterocycles. The molecule has 0 aromatic rings. The first-order valence-corrected chi connectivity index (χ1v) is 9.28. The number of guanidine groups is 1. The molecule has 0 radical (unpaired) electrons. The monoisotopic (exact) mass is 339 g/mol. The maximum Gasteiger partial charge on any atom is 0.227 e. The van der Waals surface area contributed by atoms with Gasteiger partial charge in [-0.15, -0.1) is 0 Å². The Morgan fingerprint density at radius 2 is 1.83 bits per heavy atom. The van der Waals surface area contributed by atoms with Gasteiger partial charge in [0.2, 0.25) is 5.91 Å². The Labute approximate surface area is 147 Å². The van der Waals surface area contributed by atoms with Crippen LogP contribution in [0.1, 0.15) is 48.5 Å². The lowest BCUT2D eigenvalue weighted by Crippen LogP contribution is -2.47. The summed E-state index contributed by atoms with van der Waals surface area (Å²) in [5.41, 5.74) is -0.510. The molecular weight excluding hydrogens is 302 g/mol. The summed E-state index contributed by atoms with van der Waals surface area (Å²) < 4.78 is 0. The Morgan fingerprint density at radius 1 is 1.21 bits per heavy atom. The molecule has 0 spiro atoms. The van der Waals surface area contributed by atoms with Crippen LogP contribution in [0.2, 0.25) is 0 Å². The molecule has 0 aliphatic carbocycles. The molecule has 1 aliphatic rings. The van der Waals surface area contributed by atoms with E-state index in [-0.39, 0.29) is 5.91 Å². The van der Waals surface area contributed by atoms with Crippen LogP contribution in [0.5, 0.6) is 0 Å². The van der Waals surface area contributed by atoms with Crippen LogP contribution in [0.3, 0.4) is 0 Å². The third-order valence-corrected chi connectivity index (χ3v) is 4.62. The minimum absolute atomic E-state index is 0.0461. The summed E-state index contributed by atoms with van der Waals surface area (Å²) >= 11 is 0. The fraction of sp³-hybridized carbons (Fsp3) is 0.889. The lowest BCUT2D eigenvalue weighted by atomic mass is 9.92. The summed E-state index contributed by atoms with van der Waals surface area (Å²) in [6, 6.07) is 0.952. The number of rotatable bonds is 7. The number of hydrogen-bond donors (Lipinski definition) is 3. The largest absolute Gasteiger partial charge is 0.357 e. The van der Waals surface area contributed by atoms with Crippen molar-refractivity contribution < 1.29 is 4.79 Å². The zero-order valence-electron chi connectivity index (χ0n) is 16.6. The van der Waals surface area contributed by atoms with Gasteiger partial charge in [0.05, 0.1) is 12.0 Å². The van der Waals surface area contributed by atoms with Crippen molar-refractivity contribution in [1.82, 2.24) is 20.9 Å². The average molecular weight is 340 g/mol. The number of carbonyl (C=O) groups excluding carboxylic acids is 1. The molecule has 1 aliphatic heterocycles. The summed E-state index contributed by atoms with van der Waals surface area (Å²) in [5.74, 6) is 1.43. The van der Waals surface area contributed by atoms with E-state index in [0.717, 1.165) is 25.6 Å². The van der Waals surface area contributed by atoms with Crippen molar-refractivity contribution in [2.24, 2.45) is 16.3 Å². The molecule has 0 aromatic carbocycles. The third kappa shape index (κ3) is 5.96. The van der Waals surface area contributed by atoms with Gasteiger partial charge in [0.25, 0.3) is 0 Å². The van der Waals surface area contributed by atoms with Gasteiger partial charge in [-0.2, -0.15) is 0 Å². The molecule has 6 nitrogen and oxygen atoms in total. The first kappa shape index (κ1) is 20.7. The highest BCUT2D eigenvalue weighted by Crippen LogP contribution is 2.19. The average Bonchev–Trinajstić information content (AvgIpc) is 2.87. The quantitative estimate of drug-likeness (QED) is 0.485. The van der Waals surface area contributed by atoms with Gasteiger partial charge in [-0.05, 0) is 47.5 Å². The van der Waals surface area contributed by atoms with Gasteiger partial charge in [0.15, 0.2) is 5.96 Å². The van der Waals surface area contributed by atoms with E-state index in [4.69, 9.17) is 0 Å². The lowest BCUT2D eigenvalue weighted by Gasteiger charge is -2.24. The van der Waals surface area contributed by atoms with Crippen LogP contribution in [0.15, 0.2) is 4.99 Å². The van der Waals surface area contributed by atoms with E-state index in [1.54, 1.807) is 0 Å². The zero-order chi connectivity index (χ0) is 18.3. The molecule has 140 valence electrons. The predicted molar refractivity (Wildman–Crippen MR) is 101 cm³/mol. The maximum absolute atomic E-state index is 12.1. The number of carbonyl (C=O) groups is 1. The standard InChI is InChI=1S/C18H37N5O/c1-8-19-16(24)18(6,7)12-21-17(20-9-2)22-15-11-23(13(3)4)10-14(15)5/h13-15H,8-12H2,1-7H3,(H,19,24)(H2,20,21,22). The Kier molecular flexibility index (Phi) is 8.00. The molecule has 1 rings (SSSR count). The van der Waals surface area contributed by atoms with Crippen LogP contribution in [-0.2, 0) is 4.79 Å². The number of likely N-dealkylation sites (tertiary alicyclic amines) is 1. The van der Waals surface area contributed by atoms with E-state index in [2.05, 4.69) is 53.5 Å². The summed E-state index contributed by atoms with van der Waals surface area (Å²) in [4.78, 5) is 19.3. The van der Waals surface area contributed by atoms with Crippen molar-refractivity contribution in [3.05, 3.63) is 0 Å². The maximum atomic E-state index is 12.1. The van der Waals surface area contributed by atoms with Crippen LogP contribution >= 0.6 is 0 Å². The zero-order valence-corrected chi connectivity index (χ0v) is 16.6. The molecule has 0 aromatic heterocycles. The highest BCUT2D eigenvalue weighted by Gasteiger charge is 2.32. The van der Waals surface area contributed by atoms with Gasteiger partial charge in [0.1, 0.15) is 0 Å². The molecule has 3 N–H and O–H groups in total. The Bertz CT molecular complexity index is 433. The number of nitrogens with zero attached hydrogens (tertiary/aromatic N) is 2. The minimum atomic E-state index is -0.510. The predicted octanol–water partition coefficient (Wildman–Crippen LogP) is 1.43. The Hall–Kier alpha value is -1.30. The second-order valence-electron chi connectivity index (χ2n) is 7.71. The van der Waals surface area contributed by atoms with E-state index in [9.17, 15) is 4.79 Å². The first-order chi connectivity index (χ1) is 11.2. The fourth-order valence-corrected chi connectivity index (χ4v) is 2.86. The van der Waals surface area contributed by atoms with E-state index < -0.39 is 5.41 Å². The summed E-state index contributed by atoms with van der Waals surface area (Å²) in [6.45, 7) is 18.7. The van der Waals surface area contributed by atoms with E-state index in [0.29, 0.717) is 31.1 Å². The van der Waals surface area contributed by atoms with Crippen molar-refractivity contribution in [2.45, 2.75) is 60.5 Å². The molecule has 0 bridgehead atoms. The van der Waals surface area contributed by atoms with Crippen LogP contribution < -0.4 is 16.0 Å². The lowest BCUT2D eigenvalue weighted by molar-refractivity contribution is -0.128. The molecule has 6 heteroatoms. The fourth-order valence-electron chi connectivity index (χ4n) is 2.86. The van der Waals surface area contributed by atoms with E-state index >= 15 is 0 Å². The normalized spacial score (nSPS) is 22.8. The number of nitrogens with one attached hydrogen (secondary N) is 3. The van der Waals surface area contributed by atoms with Crippen molar-refractivity contribution in [2.75, 3.05) is 32.7 Å². The van der Waals surface area contributed by atoms with Crippen LogP contribution in [0, 0.1) is 11.3 Å². The molecule has 1 amide bonds. The van der Waals surface area contributed by atoms with Gasteiger partial charge < -0.3 is 16.0 Å². The van der Waals surface area contributed by atoms with Gasteiger partial charge in [-0.1, -0.05) is 6.92 Å². The van der Waals surface area contributed by atoms with Gasteiger partial charge in [-0.25, -0.2) is 0 Å². The summed E-state index contributed by atoms with van der Waals surface area (Å²) in [5, 5.41) is 9.75. The van der Waals surface area contributed by atoms with Crippen molar-refractivity contribution in [3.63, 3.8) is 0 Å². The summed E-state index contributed by atoms with van der Waals surface area (Å²) in [7, 11) is 0. The van der Waals surface area contributed by atoms with Crippen molar-refractivity contribution >= 4 is 11.9 Å². The summed E-state index contributed by atoms with van der Waals surface area (Å²) in [6.07, 6.45) is 0. The molecular formula is C18H37N5O.